The van der Waals surface area contributed by atoms with E-state index in [9.17, 15) is 9.59 Å². The number of carbonyl (C=O) groups is 2. The third-order valence-corrected chi connectivity index (χ3v) is 1.64. The highest BCUT2D eigenvalue weighted by molar-refractivity contribution is 5.86. The summed E-state index contributed by atoms with van der Waals surface area (Å²) in [7, 11) is 0. The van der Waals surface area contributed by atoms with Gasteiger partial charge in [-0.05, 0) is 13.3 Å². The average Bonchev–Trinajstić information content (AvgIpc) is 2.30. The van der Waals surface area contributed by atoms with Crippen LogP contribution in [0, 0.1) is 0 Å². The van der Waals surface area contributed by atoms with Crippen LogP contribution in [0.3, 0.4) is 0 Å². The average molecular weight is 184 g/mol. The molecule has 0 spiro atoms. The van der Waals surface area contributed by atoms with Crippen LogP contribution in [-0.4, -0.2) is 18.0 Å². The number of hydrogen-bond donors (Lipinski definition) is 0. The molecular formula is C9H12O4. The highest BCUT2D eigenvalue weighted by Crippen LogP contribution is 2.16. The molecule has 0 aliphatic carbocycles. The number of rotatable bonds is 3. The second-order valence-electron chi connectivity index (χ2n) is 2.85. The molecule has 1 unspecified atom stereocenters. The van der Waals surface area contributed by atoms with Crippen molar-refractivity contribution in [1.29, 1.82) is 0 Å². The largest absolute Gasteiger partial charge is 0.451 e. The number of cyclic esters (lactones) is 1. The zero-order valence-corrected chi connectivity index (χ0v) is 7.70. The van der Waals surface area contributed by atoms with Gasteiger partial charge < -0.3 is 9.47 Å². The lowest BCUT2D eigenvalue weighted by atomic mass is 10.3. The maximum atomic E-state index is 11.0. The van der Waals surface area contributed by atoms with E-state index in [-0.39, 0.29) is 5.97 Å². The molecule has 0 amide bonds. The Morgan fingerprint density at radius 1 is 1.69 bits per heavy atom. The van der Waals surface area contributed by atoms with Crippen LogP contribution in [0.15, 0.2) is 11.8 Å². The van der Waals surface area contributed by atoms with E-state index < -0.39 is 12.1 Å². The van der Waals surface area contributed by atoms with E-state index in [2.05, 4.69) is 0 Å². The van der Waals surface area contributed by atoms with Crippen molar-refractivity contribution >= 4 is 11.9 Å². The normalized spacial score (nSPS) is 20.9. The van der Waals surface area contributed by atoms with Crippen LogP contribution in [0.4, 0.5) is 0 Å². The van der Waals surface area contributed by atoms with E-state index in [1.807, 2.05) is 6.92 Å². The Labute approximate surface area is 76.5 Å². The summed E-state index contributed by atoms with van der Waals surface area (Å²) < 4.78 is 9.65. The first-order chi connectivity index (χ1) is 6.13. The third kappa shape index (κ3) is 2.57. The van der Waals surface area contributed by atoms with Crippen molar-refractivity contribution in [3.05, 3.63) is 11.8 Å². The molecule has 0 aromatic rings. The Kier molecular flexibility index (Phi) is 3.06. The van der Waals surface area contributed by atoms with E-state index in [0.717, 1.165) is 6.42 Å². The van der Waals surface area contributed by atoms with Crippen molar-refractivity contribution in [3.63, 3.8) is 0 Å². The molecule has 0 saturated carbocycles. The Morgan fingerprint density at radius 3 is 2.85 bits per heavy atom. The summed E-state index contributed by atoms with van der Waals surface area (Å²) in [6.07, 6.45) is 1.86. The molecule has 13 heavy (non-hydrogen) atoms. The highest BCUT2D eigenvalue weighted by Gasteiger charge is 2.25. The lowest BCUT2D eigenvalue weighted by Crippen LogP contribution is -2.12. The Morgan fingerprint density at radius 2 is 2.38 bits per heavy atom. The minimum Gasteiger partial charge on any atom is -0.451 e. The van der Waals surface area contributed by atoms with Crippen molar-refractivity contribution in [1.82, 2.24) is 0 Å². The van der Waals surface area contributed by atoms with Crippen LogP contribution in [0.25, 0.3) is 0 Å². The molecule has 1 aliphatic heterocycles. The number of esters is 2. The molecule has 72 valence electrons. The fourth-order valence-corrected chi connectivity index (χ4v) is 0.999. The first-order valence-corrected chi connectivity index (χ1v) is 4.26. The van der Waals surface area contributed by atoms with Crippen LogP contribution in [-0.2, 0) is 19.1 Å². The smallest absolute Gasteiger partial charge is 0.335 e. The summed E-state index contributed by atoms with van der Waals surface area (Å²) >= 11 is 0. The molecule has 1 rings (SSSR count). The zero-order valence-electron chi connectivity index (χ0n) is 7.70. The molecule has 1 atom stereocenters. The summed E-state index contributed by atoms with van der Waals surface area (Å²) in [4.78, 5) is 21.7. The number of carbonyl (C=O) groups excluding carboxylic acids is 2. The predicted octanol–water partition coefficient (Wildman–Crippen LogP) is 1.16. The number of hydrogen-bond acceptors (Lipinski definition) is 4. The molecule has 4 heteroatoms. The molecule has 0 aromatic heterocycles. The molecule has 0 aromatic carbocycles. The van der Waals surface area contributed by atoms with Gasteiger partial charge in [-0.3, -0.25) is 4.79 Å². The maximum Gasteiger partial charge on any atom is 0.335 e. The van der Waals surface area contributed by atoms with Crippen LogP contribution in [0.2, 0.25) is 0 Å². The molecule has 0 N–H and O–H groups in total. The molecule has 0 saturated heterocycles. The van der Waals surface area contributed by atoms with Gasteiger partial charge in [0.15, 0.2) is 11.9 Å². The van der Waals surface area contributed by atoms with Gasteiger partial charge in [0.2, 0.25) is 0 Å². The lowest BCUT2D eigenvalue weighted by Gasteiger charge is -2.08. The second kappa shape index (κ2) is 4.07. The summed E-state index contributed by atoms with van der Waals surface area (Å²) in [5.41, 5.74) is 0. The van der Waals surface area contributed by atoms with Crippen molar-refractivity contribution in [2.24, 2.45) is 0 Å². The van der Waals surface area contributed by atoms with Gasteiger partial charge in [-0.15, -0.1) is 0 Å². The van der Waals surface area contributed by atoms with E-state index in [1.165, 1.54) is 6.08 Å². The van der Waals surface area contributed by atoms with E-state index in [1.54, 1.807) is 6.92 Å². The molecule has 0 radical (unpaired) electrons. The lowest BCUT2D eigenvalue weighted by molar-refractivity contribution is -0.144. The summed E-state index contributed by atoms with van der Waals surface area (Å²) in [5.74, 6) is -0.464. The van der Waals surface area contributed by atoms with E-state index >= 15 is 0 Å². The minimum absolute atomic E-state index is 0.309. The first kappa shape index (κ1) is 9.77. The van der Waals surface area contributed by atoms with Gasteiger partial charge in [0.05, 0.1) is 6.08 Å². The standard InChI is InChI=1S/C9H12O4/c1-3-4-8(10)13-7-5-9(11)12-6(7)2/h5-6H,3-4H2,1-2H3. The van der Waals surface area contributed by atoms with Gasteiger partial charge in [0.1, 0.15) is 0 Å². The SMILES string of the molecule is CCCC(=O)OC1=CC(=O)OC1C. The van der Waals surface area contributed by atoms with E-state index in [4.69, 9.17) is 9.47 Å². The third-order valence-electron chi connectivity index (χ3n) is 1.64. The van der Waals surface area contributed by atoms with Gasteiger partial charge in [-0.25, -0.2) is 4.79 Å². The fourth-order valence-electron chi connectivity index (χ4n) is 0.999. The van der Waals surface area contributed by atoms with Gasteiger partial charge in [-0.1, -0.05) is 6.92 Å². The van der Waals surface area contributed by atoms with Crippen LogP contribution < -0.4 is 0 Å². The van der Waals surface area contributed by atoms with Crippen LogP contribution >= 0.6 is 0 Å². The van der Waals surface area contributed by atoms with Gasteiger partial charge >= 0.3 is 11.9 Å². The Bertz CT molecular complexity index is 254. The van der Waals surface area contributed by atoms with Crippen molar-refractivity contribution < 1.29 is 19.1 Å². The maximum absolute atomic E-state index is 11.0. The summed E-state index contributed by atoms with van der Waals surface area (Å²) in [5, 5.41) is 0. The summed E-state index contributed by atoms with van der Waals surface area (Å²) in [6.45, 7) is 3.55. The molecule has 0 fully saturated rings. The molecule has 1 heterocycles. The molecule has 4 nitrogen and oxygen atoms in total. The molecular weight excluding hydrogens is 172 g/mol. The first-order valence-electron chi connectivity index (χ1n) is 4.26. The second-order valence-corrected chi connectivity index (χ2v) is 2.85. The zero-order chi connectivity index (χ0) is 9.84. The predicted molar refractivity (Wildman–Crippen MR) is 44.6 cm³/mol. The van der Waals surface area contributed by atoms with Crippen LogP contribution in [0.1, 0.15) is 26.7 Å². The van der Waals surface area contributed by atoms with E-state index in [0.29, 0.717) is 12.2 Å². The Balaban J connectivity index is 2.49. The van der Waals surface area contributed by atoms with Crippen molar-refractivity contribution in [3.8, 4) is 0 Å². The minimum atomic E-state index is -0.452. The van der Waals surface area contributed by atoms with Crippen LogP contribution in [0.5, 0.6) is 0 Å². The monoisotopic (exact) mass is 184 g/mol. The molecule has 1 aliphatic rings. The van der Waals surface area contributed by atoms with Crippen molar-refractivity contribution in [2.75, 3.05) is 0 Å². The Hall–Kier alpha value is -1.32. The number of ether oxygens (including phenoxy) is 2. The van der Waals surface area contributed by atoms with Gasteiger partial charge in [-0.2, -0.15) is 0 Å². The van der Waals surface area contributed by atoms with Gasteiger partial charge in [0, 0.05) is 6.42 Å². The van der Waals surface area contributed by atoms with Crippen molar-refractivity contribution in [2.45, 2.75) is 32.8 Å². The molecule has 0 bridgehead atoms. The summed E-state index contributed by atoms with van der Waals surface area (Å²) in [6, 6.07) is 0. The fraction of sp³-hybridized carbons (Fsp3) is 0.556. The van der Waals surface area contributed by atoms with Gasteiger partial charge in [0.25, 0.3) is 0 Å². The topological polar surface area (TPSA) is 52.6 Å². The highest BCUT2D eigenvalue weighted by atomic mass is 16.6. The quantitative estimate of drug-likeness (QED) is 0.617.